The highest BCUT2D eigenvalue weighted by atomic mass is 35.5. The van der Waals surface area contributed by atoms with E-state index in [4.69, 9.17) is 11.6 Å². The van der Waals surface area contributed by atoms with E-state index < -0.39 is 0 Å². The summed E-state index contributed by atoms with van der Waals surface area (Å²) >= 11 is 5.73. The zero-order chi connectivity index (χ0) is 9.84. The smallest absolute Gasteiger partial charge is 0.0491 e. The van der Waals surface area contributed by atoms with Crippen molar-refractivity contribution in [3.8, 4) is 0 Å². The first-order chi connectivity index (χ1) is 6.09. The Morgan fingerprint density at radius 1 is 1.31 bits per heavy atom. The van der Waals surface area contributed by atoms with Gasteiger partial charge in [-0.05, 0) is 31.5 Å². The van der Waals surface area contributed by atoms with Crippen LogP contribution in [0.25, 0.3) is 0 Å². The number of hydrogen-bond acceptors (Lipinski definition) is 2. The Labute approximate surface area is 83.7 Å². The topological polar surface area (TPSA) is 23.5 Å². The van der Waals surface area contributed by atoms with Crippen molar-refractivity contribution in [3.63, 3.8) is 0 Å². The Morgan fingerprint density at radius 2 is 1.85 bits per heavy atom. The third-order valence-corrected chi connectivity index (χ3v) is 2.11. The van der Waals surface area contributed by atoms with E-state index in [-0.39, 0.29) is 6.04 Å². The van der Waals surface area contributed by atoms with E-state index in [2.05, 4.69) is 0 Å². The van der Waals surface area contributed by atoms with E-state index >= 15 is 0 Å². The Bertz CT molecular complexity index is 258. The fourth-order valence-corrected chi connectivity index (χ4v) is 1.09. The number of benzene rings is 1. The summed E-state index contributed by atoms with van der Waals surface area (Å²) in [6, 6.07) is 7.61. The van der Waals surface area contributed by atoms with Gasteiger partial charge in [0.1, 0.15) is 0 Å². The first-order valence-electron chi connectivity index (χ1n) is 4.29. The zero-order valence-corrected chi connectivity index (χ0v) is 8.62. The fraction of sp³-hybridized carbons (Fsp3) is 0.400. The molecule has 0 saturated carbocycles. The molecule has 0 fully saturated rings. The second kappa shape index (κ2) is 4.61. The van der Waals surface area contributed by atoms with Crippen molar-refractivity contribution in [2.75, 3.05) is 0 Å². The summed E-state index contributed by atoms with van der Waals surface area (Å²) in [7, 11) is 0. The monoisotopic (exact) mass is 199 g/mol. The van der Waals surface area contributed by atoms with Crippen LogP contribution in [0.3, 0.4) is 0 Å². The Kier molecular flexibility index (Phi) is 3.72. The molecule has 0 aliphatic carbocycles. The zero-order valence-electron chi connectivity index (χ0n) is 7.87. The molecule has 0 heterocycles. The predicted octanol–water partition coefficient (Wildman–Crippen LogP) is 2.94. The van der Waals surface area contributed by atoms with Gasteiger partial charge in [-0.1, -0.05) is 23.7 Å². The molecule has 0 aromatic heterocycles. The molecule has 0 aliphatic rings. The van der Waals surface area contributed by atoms with Gasteiger partial charge in [-0.2, -0.15) is 5.06 Å². The molecule has 0 saturated heterocycles. The van der Waals surface area contributed by atoms with Gasteiger partial charge in [0.05, 0.1) is 0 Å². The van der Waals surface area contributed by atoms with Gasteiger partial charge < -0.3 is 5.21 Å². The van der Waals surface area contributed by atoms with Crippen LogP contribution >= 0.6 is 11.6 Å². The van der Waals surface area contributed by atoms with Crippen molar-refractivity contribution in [1.29, 1.82) is 0 Å². The molecule has 1 rings (SSSR count). The minimum absolute atomic E-state index is 0.135. The van der Waals surface area contributed by atoms with Crippen molar-refractivity contribution in [2.24, 2.45) is 0 Å². The molecule has 0 bridgehead atoms. The molecule has 13 heavy (non-hydrogen) atoms. The van der Waals surface area contributed by atoms with E-state index in [1.807, 2.05) is 38.1 Å². The highest BCUT2D eigenvalue weighted by Gasteiger charge is 2.05. The van der Waals surface area contributed by atoms with Crippen LogP contribution in [0, 0.1) is 0 Å². The van der Waals surface area contributed by atoms with Gasteiger partial charge in [0.2, 0.25) is 0 Å². The van der Waals surface area contributed by atoms with E-state index in [0.29, 0.717) is 6.54 Å². The highest BCUT2D eigenvalue weighted by molar-refractivity contribution is 6.30. The highest BCUT2D eigenvalue weighted by Crippen LogP contribution is 2.11. The molecule has 1 N–H and O–H groups in total. The van der Waals surface area contributed by atoms with Crippen molar-refractivity contribution in [1.82, 2.24) is 5.06 Å². The molecule has 0 amide bonds. The van der Waals surface area contributed by atoms with E-state index in [9.17, 15) is 5.21 Å². The van der Waals surface area contributed by atoms with Crippen molar-refractivity contribution in [2.45, 2.75) is 26.4 Å². The van der Waals surface area contributed by atoms with Crippen LogP contribution in [-0.4, -0.2) is 16.3 Å². The molecule has 3 heteroatoms. The first kappa shape index (κ1) is 10.5. The minimum atomic E-state index is 0.135. The van der Waals surface area contributed by atoms with Gasteiger partial charge in [0.25, 0.3) is 0 Å². The molecule has 72 valence electrons. The lowest BCUT2D eigenvalue weighted by Crippen LogP contribution is -2.26. The van der Waals surface area contributed by atoms with Crippen LogP contribution in [0.2, 0.25) is 5.02 Å². The maximum absolute atomic E-state index is 9.45. The van der Waals surface area contributed by atoms with Crippen LogP contribution in [0.4, 0.5) is 0 Å². The summed E-state index contributed by atoms with van der Waals surface area (Å²) in [4.78, 5) is 0. The number of halogens is 1. The Morgan fingerprint density at radius 3 is 2.31 bits per heavy atom. The average Bonchev–Trinajstić information content (AvgIpc) is 2.08. The molecular formula is C10H14ClNO. The first-order valence-corrected chi connectivity index (χ1v) is 4.67. The van der Waals surface area contributed by atoms with Crippen molar-refractivity contribution >= 4 is 11.6 Å². The normalized spacial score (nSPS) is 11.2. The maximum atomic E-state index is 9.45. The number of hydrogen-bond donors (Lipinski definition) is 1. The average molecular weight is 200 g/mol. The Balaban J connectivity index is 2.59. The molecule has 0 spiro atoms. The second-order valence-electron chi connectivity index (χ2n) is 3.32. The molecule has 2 nitrogen and oxygen atoms in total. The van der Waals surface area contributed by atoms with E-state index in [0.717, 1.165) is 10.6 Å². The van der Waals surface area contributed by atoms with Crippen LogP contribution in [0.5, 0.6) is 0 Å². The van der Waals surface area contributed by atoms with Gasteiger partial charge in [-0.3, -0.25) is 0 Å². The largest absolute Gasteiger partial charge is 0.313 e. The molecule has 0 aliphatic heterocycles. The summed E-state index contributed by atoms with van der Waals surface area (Å²) in [5, 5.41) is 11.5. The predicted molar refractivity (Wildman–Crippen MR) is 53.9 cm³/mol. The van der Waals surface area contributed by atoms with Gasteiger partial charge >= 0.3 is 0 Å². The summed E-state index contributed by atoms with van der Waals surface area (Å²) in [5.41, 5.74) is 1.06. The summed E-state index contributed by atoms with van der Waals surface area (Å²) in [6.45, 7) is 4.42. The summed E-state index contributed by atoms with van der Waals surface area (Å²) in [6.07, 6.45) is 0. The lowest BCUT2D eigenvalue weighted by atomic mass is 10.2. The molecule has 0 unspecified atom stereocenters. The van der Waals surface area contributed by atoms with Crippen LogP contribution in [-0.2, 0) is 6.54 Å². The van der Waals surface area contributed by atoms with Crippen LogP contribution < -0.4 is 0 Å². The van der Waals surface area contributed by atoms with Crippen molar-refractivity contribution < 1.29 is 5.21 Å². The van der Waals surface area contributed by atoms with Crippen LogP contribution in [0.15, 0.2) is 24.3 Å². The van der Waals surface area contributed by atoms with Crippen molar-refractivity contribution in [3.05, 3.63) is 34.9 Å². The third kappa shape index (κ3) is 3.35. The third-order valence-electron chi connectivity index (χ3n) is 1.85. The maximum Gasteiger partial charge on any atom is 0.0491 e. The number of hydroxylamine groups is 2. The minimum Gasteiger partial charge on any atom is -0.313 e. The van der Waals surface area contributed by atoms with E-state index in [1.54, 1.807) is 0 Å². The SMILES string of the molecule is CC(C)N(O)Cc1ccc(Cl)cc1. The molecule has 1 aromatic carbocycles. The van der Waals surface area contributed by atoms with Gasteiger partial charge in [0, 0.05) is 17.6 Å². The molecule has 0 radical (unpaired) electrons. The fourth-order valence-electron chi connectivity index (χ4n) is 0.959. The van der Waals surface area contributed by atoms with Gasteiger partial charge in [-0.15, -0.1) is 0 Å². The van der Waals surface area contributed by atoms with Crippen LogP contribution in [0.1, 0.15) is 19.4 Å². The number of rotatable bonds is 3. The molecule has 0 atom stereocenters. The summed E-state index contributed by atoms with van der Waals surface area (Å²) in [5.74, 6) is 0. The standard InChI is InChI=1S/C10H14ClNO/c1-8(2)12(13)7-9-3-5-10(11)6-4-9/h3-6,8,13H,7H2,1-2H3. The lowest BCUT2D eigenvalue weighted by molar-refractivity contribution is -0.125. The molecule has 1 aromatic rings. The lowest BCUT2D eigenvalue weighted by Gasteiger charge is -2.18. The van der Waals surface area contributed by atoms with Gasteiger partial charge in [0.15, 0.2) is 0 Å². The Hall–Kier alpha value is -0.570. The quantitative estimate of drug-likeness (QED) is 0.757. The van der Waals surface area contributed by atoms with Gasteiger partial charge in [-0.25, -0.2) is 0 Å². The van der Waals surface area contributed by atoms with E-state index in [1.165, 1.54) is 5.06 Å². The number of nitrogens with zero attached hydrogens (tertiary/aromatic N) is 1. The summed E-state index contributed by atoms with van der Waals surface area (Å²) < 4.78 is 0. The second-order valence-corrected chi connectivity index (χ2v) is 3.75. The molecular weight excluding hydrogens is 186 g/mol.